The van der Waals surface area contributed by atoms with Crippen LogP contribution < -0.4 is 9.64 Å². The van der Waals surface area contributed by atoms with Crippen molar-refractivity contribution in [2.45, 2.75) is 39.3 Å². The van der Waals surface area contributed by atoms with Gasteiger partial charge in [-0.25, -0.2) is 9.97 Å². The zero-order chi connectivity index (χ0) is 23.5. The van der Waals surface area contributed by atoms with E-state index in [0.29, 0.717) is 6.61 Å². The minimum atomic E-state index is 0.127. The molecule has 1 aliphatic heterocycles. The van der Waals surface area contributed by atoms with E-state index in [2.05, 4.69) is 47.7 Å². The molecule has 1 aliphatic rings. The Morgan fingerprint density at radius 2 is 2.00 bits per heavy atom. The summed E-state index contributed by atoms with van der Waals surface area (Å²) in [5.41, 5.74) is 2.70. The number of fused-ring (bicyclic) bond motifs is 1. The molecule has 2 atom stereocenters. The summed E-state index contributed by atoms with van der Waals surface area (Å²) < 4.78 is 5.93. The summed E-state index contributed by atoms with van der Waals surface area (Å²) in [6.07, 6.45) is 4.68. The lowest BCUT2D eigenvalue weighted by atomic mass is 10.1. The lowest BCUT2D eigenvalue weighted by molar-refractivity contribution is -0.133. The van der Waals surface area contributed by atoms with E-state index in [4.69, 9.17) is 9.72 Å². The molecule has 0 bridgehead atoms. The van der Waals surface area contributed by atoms with Gasteiger partial charge in [-0.15, -0.1) is 0 Å². The molecular formula is C25H34N6O2. The van der Waals surface area contributed by atoms with Crippen molar-refractivity contribution in [3.8, 4) is 17.0 Å². The Balaban J connectivity index is 1.55. The number of carbonyl (C=O) groups is 1. The minimum Gasteiger partial charge on any atom is -0.492 e. The van der Waals surface area contributed by atoms with Crippen LogP contribution in [0.5, 0.6) is 5.75 Å². The van der Waals surface area contributed by atoms with Crippen LogP contribution in [0.25, 0.3) is 22.3 Å². The highest BCUT2D eigenvalue weighted by Gasteiger charge is 2.31. The quantitative estimate of drug-likeness (QED) is 0.556. The van der Waals surface area contributed by atoms with E-state index in [0.717, 1.165) is 59.9 Å². The summed E-state index contributed by atoms with van der Waals surface area (Å²) >= 11 is 0. The molecule has 8 nitrogen and oxygen atoms in total. The van der Waals surface area contributed by atoms with E-state index >= 15 is 0 Å². The van der Waals surface area contributed by atoms with Crippen LogP contribution in [0.2, 0.25) is 0 Å². The molecule has 0 saturated carbocycles. The van der Waals surface area contributed by atoms with E-state index < -0.39 is 0 Å². The first-order valence-corrected chi connectivity index (χ1v) is 11.6. The van der Waals surface area contributed by atoms with Crippen molar-refractivity contribution in [2.24, 2.45) is 0 Å². The number of rotatable bonds is 7. The third kappa shape index (κ3) is 5.11. The molecule has 3 aromatic rings. The Labute approximate surface area is 195 Å². The number of piperazine rings is 1. The molecule has 1 saturated heterocycles. The maximum absolute atomic E-state index is 12.0. The van der Waals surface area contributed by atoms with Crippen LogP contribution in [0.1, 0.15) is 27.2 Å². The highest BCUT2D eigenvalue weighted by Crippen LogP contribution is 2.31. The van der Waals surface area contributed by atoms with Crippen LogP contribution in [0.3, 0.4) is 0 Å². The minimum absolute atomic E-state index is 0.127. The van der Waals surface area contributed by atoms with Crippen molar-refractivity contribution in [2.75, 3.05) is 45.2 Å². The van der Waals surface area contributed by atoms with Crippen LogP contribution in [0, 0.1) is 0 Å². The molecular weight excluding hydrogens is 416 g/mol. The molecule has 0 radical (unpaired) electrons. The number of amides is 1. The Morgan fingerprint density at radius 1 is 1.24 bits per heavy atom. The highest BCUT2D eigenvalue weighted by molar-refractivity contribution is 5.93. The summed E-state index contributed by atoms with van der Waals surface area (Å²) in [6.45, 7) is 9.01. The number of pyridine rings is 2. The number of aromatic nitrogens is 3. The normalized spacial score (nSPS) is 18.8. The van der Waals surface area contributed by atoms with Gasteiger partial charge in [0.05, 0.1) is 18.5 Å². The van der Waals surface area contributed by atoms with Crippen molar-refractivity contribution in [1.82, 2.24) is 24.8 Å². The zero-order valence-electron chi connectivity index (χ0n) is 20.2. The Bertz CT molecular complexity index is 1100. The van der Waals surface area contributed by atoms with E-state index in [1.165, 1.54) is 0 Å². The second kappa shape index (κ2) is 9.79. The smallest absolute Gasteiger partial charge is 0.220 e. The molecule has 0 unspecified atom stereocenters. The van der Waals surface area contributed by atoms with E-state index in [9.17, 15) is 4.79 Å². The van der Waals surface area contributed by atoms with Gasteiger partial charge in [-0.2, -0.15) is 0 Å². The number of hydrogen-bond acceptors (Lipinski definition) is 6. The summed E-state index contributed by atoms with van der Waals surface area (Å²) in [5, 5.41) is 0.993. The molecule has 0 aliphatic carbocycles. The van der Waals surface area contributed by atoms with Crippen LogP contribution in [-0.4, -0.2) is 83.1 Å². The van der Waals surface area contributed by atoms with Crippen LogP contribution in [0.4, 0.5) is 5.82 Å². The molecule has 0 aromatic carbocycles. The van der Waals surface area contributed by atoms with E-state index in [1.54, 1.807) is 13.1 Å². The fourth-order valence-corrected chi connectivity index (χ4v) is 4.73. The SMILES string of the molecule is CC(=O)N1[C@H](C)CN(c2cccc(-c3c[nH]c4ncc(OCCCN(C)C)cc34)n2)C[C@@H]1C. The number of H-pyrrole nitrogens is 1. The summed E-state index contributed by atoms with van der Waals surface area (Å²) in [7, 11) is 4.12. The molecule has 0 spiro atoms. The molecule has 3 aromatic heterocycles. The van der Waals surface area contributed by atoms with Gasteiger partial charge in [0.25, 0.3) is 0 Å². The number of anilines is 1. The van der Waals surface area contributed by atoms with Gasteiger partial charge < -0.3 is 24.4 Å². The molecule has 1 fully saturated rings. The van der Waals surface area contributed by atoms with Gasteiger partial charge >= 0.3 is 0 Å². The first-order valence-electron chi connectivity index (χ1n) is 11.6. The van der Waals surface area contributed by atoms with Gasteiger partial charge in [0.2, 0.25) is 5.91 Å². The average molecular weight is 451 g/mol. The second-order valence-electron chi connectivity index (χ2n) is 9.19. The molecule has 176 valence electrons. The Hall–Kier alpha value is -3.13. The number of hydrogen-bond donors (Lipinski definition) is 1. The number of nitrogens with zero attached hydrogens (tertiary/aromatic N) is 5. The largest absolute Gasteiger partial charge is 0.492 e. The fourth-order valence-electron chi connectivity index (χ4n) is 4.73. The van der Waals surface area contributed by atoms with Crippen LogP contribution in [0.15, 0.2) is 36.7 Å². The van der Waals surface area contributed by atoms with Gasteiger partial charge in [0.15, 0.2) is 0 Å². The Kier molecular flexibility index (Phi) is 6.83. The topological polar surface area (TPSA) is 77.6 Å². The number of ether oxygens (including phenoxy) is 1. The van der Waals surface area contributed by atoms with Crippen molar-refractivity contribution in [3.05, 3.63) is 36.7 Å². The predicted octanol–water partition coefficient (Wildman–Crippen LogP) is 3.40. The van der Waals surface area contributed by atoms with Crippen molar-refractivity contribution in [1.29, 1.82) is 0 Å². The third-order valence-corrected chi connectivity index (χ3v) is 6.14. The molecule has 1 N–H and O–H groups in total. The molecule has 8 heteroatoms. The molecule has 1 amide bonds. The lowest BCUT2D eigenvalue weighted by Crippen LogP contribution is -2.58. The Morgan fingerprint density at radius 3 is 2.70 bits per heavy atom. The van der Waals surface area contributed by atoms with E-state index in [-0.39, 0.29) is 18.0 Å². The predicted molar refractivity (Wildman–Crippen MR) is 132 cm³/mol. The van der Waals surface area contributed by atoms with Crippen LogP contribution >= 0.6 is 0 Å². The number of nitrogens with one attached hydrogen (secondary N) is 1. The first kappa shape index (κ1) is 23.0. The number of carbonyl (C=O) groups excluding carboxylic acids is 1. The molecule has 4 heterocycles. The third-order valence-electron chi connectivity index (χ3n) is 6.14. The van der Waals surface area contributed by atoms with E-state index in [1.807, 2.05) is 35.4 Å². The maximum atomic E-state index is 12.0. The second-order valence-corrected chi connectivity index (χ2v) is 9.19. The van der Waals surface area contributed by atoms with Gasteiger partial charge in [-0.3, -0.25) is 4.79 Å². The monoisotopic (exact) mass is 450 g/mol. The zero-order valence-corrected chi connectivity index (χ0v) is 20.2. The molecule has 33 heavy (non-hydrogen) atoms. The van der Waals surface area contributed by atoms with Crippen LogP contribution in [-0.2, 0) is 4.79 Å². The van der Waals surface area contributed by atoms with Gasteiger partial charge in [-0.1, -0.05) is 6.07 Å². The summed E-state index contributed by atoms with van der Waals surface area (Å²) in [4.78, 5) is 31.2. The van der Waals surface area contributed by atoms with Crippen molar-refractivity contribution in [3.63, 3.8) is 0 Å². The van der Waals surface area contributed by atoms with Crippen molar-refractivity contribution >= 4 is 22.8 Å². The molecule has 4 rings (SSSR count). The summed E-state index contributed by atoms with van der Waals surface area (Å²) in [5.74, 6) is 1.82. The van der Waals surface area contributed by atoms with Crippen molar-refractivity contribution < 1.29 is 9.53 Å². The highest BCUT2D eigenvalue weighted by atomic mass is 16.5. The summed E-state index contributed by atoms with van der Waals surface area (Å²) in [6, 6.07) is 8.42. The maximum Gasteiger partial charge on any atom is 0.220 e. The first-order chi connectivity index (χ1) is 15.8. The van der Waals surface area contributed by atoms with Gasteiger partial charge in [0, 0.05) is 55.8 Å². The number of aromatic amines is 1. The lowest BCUT2D eigenvalue weighted by Gasteiger charge is -2.44. The average Bonchev–Trinajstić information content (AvgIpc) is 3.19. The fraction of sp³-hybridized carbons (Fsp3) is 0.480. The van der Waals surface area contributed by atoms with Gasteiger partial charge in [-0.05, 0) is 52.6 Å². The van der Waals surface area contributed by atoms with Gasteiger partial charge in [0.1, 0.15) is 17.2 Å². The standard InChI is InChI=1S/C25H34N6O2/c1-17-15-30(16-18(2)31(17)19(3)32)24-9-6-8-23(28-24)22-14-27-25-21(22)12-20(13-26-25)33-11-7-10-29(4)5/h6,8-9,12-14,17-18H,7,10-11,15-16H2,1-5H3,(H,26,27)/t17-,18+.